The molecule has 0 radical (unpaired) electrons. The zero-order valence-corrected chi connectivity index (χ0v) is 12.3. The van der Waals surface area contributed by atoms with Crippen LogP contribution < -0.4 is 5.32 Å². The van der Waals surface area contributed by atoms with Crippen molar-refractivity contribution in [3.05, 3.63) is 39.3 Å². The molecular weight excluding hydrogens is 242 g/mol. The lowest BCUT2D eigenvalue weighted by Crippen LogP contribution is -2.27. The highest BCUT2D eigenvalue weighted by atomic mass is 32.1. The van der Waals surface area contributed by atoms with Gasteiger partial charge in [-0.3, -0.25) is 4.68 Å². The second kappa shape index (κ2) is 5.67. The van der Waals surface area contributed by atoms with E-state index in [1.54, 1.807) is 11.3 Å². The molecule has 98 valence electrons. The number of nitrogens with zero attached hydrogens (tertiary/aromatic N) is 2. The van der Waals surface area contributed by atoms with Crippen LogP contribution in [0.2, 0.25) is 0 Å². The Hall–Kier alpha value is -1.13. The maximum atomic E-state index is 4.44. The zero-order chi connectivity index (χ0) is 13.1. The number of nitrogens with one attached hydrogen (secondary N) is 1. The summed E-state index contributed by atoms with van der Waals surface area (Å²) in [4.78, 5) is 0. The van der Waals surface area contributed by atoms with E-state index in [0.717, 1.165) is 18.7 Å². The lowest BCUT2D eigenvalue weighted by Gasteiger charge is -2.13. The van der Waals surface area contributed by atoms with Crippen molar-refractivity contribution in [1.29, 1.82) is 0 Å². The highest BCUT2D eigenvalue weighted by Gasteiger charge is 2.10. The Balaban J connectivity index is 1.91. The highest BCUT2D eigenvalue weighted by Crippen LogP contribution is 2.13. The van der Waals surface area contributed by atoms with Gasteiger partial charge in [0, 0.05) is 30.9 Å². The smallest absolute Gasteiger partial charge is 0.0641 e. The van der Waals surface area contributed by atoms with E-state index in [4.69, 9.17) is 0 Å². The molecule has 3 nitrogen and oxygen atoms in total. The van der Waals surface area contributed by atoms with Gasteiger partial charge >= 0.3 is 0 Å². The average molecular weight is 263 g/mol. The van der Waals surface area contributed by atoms with E-state index in [2.05, 4.69) is 48.0 Å². The molecule has 1 unspecified atom stereocenters. The van der Waals surface area contributed by atoms with E-state index < -0.39 is 0 Å². The molecular formula is C14H21N3S. The predicted octanol–water partition coefficient (Wildman–Crippen LogP) is 2.82. The van der Waals surface area contributed by atoms with E-state index in [1.807, 2.05) is 11.7 Å². The Morgan fingerprint density at radius 2 is 2.22 bits per heavy atom. The third-order valence-corrected chi connectivity index (χ3v) is 4.14. The number of thiophene rings is 1. The maximum absolute atomic E-state index is 4.44. The Morgan fingerprint density at radius 1 is 1.44 bits per heavy atom. The molecule has 1 atom stereocenters. The molecule has 4 heteroatoms. The summed E-state index contributed by atoms with van der Waals surface area (Å²) in [6.45, 7) is 7.34. The van der Waals surface area contributed by atoms with Gasteiger partial charge in [0.05, 0.1) is 5.69 Å². The first kappa shape index (κ1) is 13.3. The van der Waals surface area contributed by atoms with Crippen LogP contribution in [0.5, 0.6) is 0 Å². The van der Waals surface area contributed by atoms with Crippen LogP contribution in [0, 0.1) is 13.8 Å². The molecule has 0 amide bonds. The third-order valence-electron chi connectivity index (χ3n) is 3.41. The number of aryl methyl sites for hydroxylation is 2. The molecule has 18 heavy (non-hydrogen) atoms. The van der Waals surface area contributed by atoms with Crippen molar-refractivity contribution < 1.29 is 0 Å². The van der Waals surface area contributed by atoms with E-state index in [1.165, 1.54) is 16.8 Å². The standard InChI is InChI=1S/C14H21N3S/c1-10(7-13-5-6-18-9-13)15-8-14-11(2)16-17(4)12(14)3/h5-6,9-10,15H,7-8H2,1-4H3. The number of aromatic nitrogens is 2. The summed E-state index contributed by atoms with van der Waals surface area (Å²) in [6.07, 6.45) is 1.09. The van der Waals surface area contributed by atoms with Gasteiger partial charge in [-0.25, -0.2) is 0 Å². The summed E-state index contributed by atoms with van der Waals surface area (Å²) >= 11 is 1.76. The monoisotopic (exact) mass is 263 g/mol. The van der Waals surface area contributed by atoms with Gasteiger partial charge in [0.25, 0.3) is 0 Å². The van der Waals surface area contributed by atoms with Gasteiger partial charge in [0.15, 0.2) is 0 Å². The van der Waals surface area contributed by atoms with Crippen LogP contribution in [0.25, 0.3) is 0 Å². The second-order valence-electron chi connectivity index (χ2n) is 4.89. The first-order valence-corrected chi connectivity index (χ1v) is 7.25. The van der Waals surface area contributed by atoms with Crippen LogP contribution in [0.3, 0.4) is 0 Å². The fraction of sp³-hybridized carbons (Fsp3) is 0.500. The lowest BCUT2D eigenvalue weighted by atomic mass is 10.1. The van der Waals surface area contributed by atoms with Gasteiger partial charge in [-0.1, -0.05) is 0 Å². The number of rotatable bonds is 5. The zero-order valence-electron chi connectivity index (χ0n) is 11.5. The van der Waals surface area contributed by atoms with Crippen molar-refractivity contribution >= 4 is 11.3 Å². The van der Waals surface area contributed by atoms with Gasteiger partial charge in [0.2, 0.25) is 0 Å². The summed E-state index contributed by atoms with van der Waals surface area (Å²) in [5, 5.41) is 12.4. The normalized spacial score (nSPS) is 12.9. The summed E-state index contributed by atoms with van der Waals surface area (Å²) in [5.74, 6) is 0. The van der Waals surface area contributed by atoms with Crippen LogP contribution in [0.4, 0.5) is 0 Å². The maximum Gasteiger partial charge on any atom is 0.0641 e. The van der Waals surface area contributed by atoms with E-state index in [-0.39, 0.29) is 0 Å². The largest absolute Gasteiger partial charge is 0.310 e. The van der Waals surface area contributed by atoms with Gasteiger partial charge < -0.3 is 5.32 Å². The molecule has 2 rings (SSSR count). The summed E-state index contributed by atoms with van der Waals surface area (Å²) in [5.41, 5.74) is 5.13. The quantitative estimate of drug-likeness (QED) is 0.899. The van der Waals surface area contributed by atoms with Crippen LogP contribution >= 0.6 is 11.3 Å². The summed E-state index contributed by atoms with van der Waals surface area (Å²) < 4.78 is 1.95. The van der Waals surface area contributed by atoms with Crippen LogP contribution in [-0.4, -0.2) is 15.8 Å². The molecule has 2 aromatic heterocycles. The van der Waals surface area contributed by atoms with Gasteiger partial charge in [-0.15, -0.1) is 0 Å². The molecule has 0 aromatic carbocycles. The minimum absolute atomic E-state index is 0.485. The van der Waals surface area contributed by atoms with Crippen molar-refractivity contribution in [2.45, 2.75) is 39.8 Å². The molecule has 0 aliphatic carbocycles. The minimum atomic E-state index is 0.485. The molecule has 0 fully saturated rings. The Morgan fingerprint density at radius 3 is 2.78 bits per heavy atom. The molecule has 0 saturated heterocycles. The summed E-state index contributed by atoms with van der Waals surface area (Å²) in [7, 11) is 2.00. The Bertz CT molecular complexity index is 499. The molecule has 0 saturated carbocycles. The fourth-order valence-electron chi connectivity index (χ4n) is 2.18. The summed E-state index contributed by atoms with van der Waals surface area (Å²) in [6, 6.07) is 2.68. The molecule has 2 heterocycles. The van der Waals surface area contributed by atoms with Crippen molar-refractivity contribution in [2.75, 3.05) is 0 Å². The molecule has 0 aliphatic heterocycles. The molecule has 0 spiro atoms. The third kappa shape index (κ3) is 3.00. The topological polar surface area (TPSA) is 29.9 Å². The molecule has 1 N–H and O–H groups in total. The van der Waals surface area contributed by atoms with Crippen LogP contribution in [0.1, 0.15) is 29.4 Å². The fourth-order valence-corrected chi connectivity index (χ4v) is 2.87. The van der Waals surface area contributed by atoms with Crippen molar-refractivity contribution in [3.63, 3.8) is 0 Å². The highest BCUT2D eigenvalue weighted by molar-refractivity contribution is 7.07. The molecule has 0 bridgehead atoms. The van der Waals surface area contributed by atoms with Gasteiger partial charge in [-0.2, -0.15) is 16.4 Å². The van der Waals surface area contributed by atoms with Crippen LogP contribution in [-0.2, 0) is 20.0 Å². The lowest BCUT2D eigenvalue weighted by molar-refractivity contribution is 0.543. The minimum Gasteiger partial charge on any atom is -0.310 e. The molecule has 2 aromatic rings. The number of hydrogen-bond acceptors (Lipinski definition) is 3. The first-order chi connectivity index (χ1) is 8.58. The van der Waals surface area contributed by atoms with E-state index in [0.29, 0.717) is 6.04 Å². The Labute approximate surface area is 113 Å². The van der Waals surface area contributed by atoms with Gasteiger partial charge in [-0.05, 0) is 49.6 Å². The van der Waals surface area contributed by atoms with Crippen molar-refractivity contribution in [2.24, 2.45) is 7.05 Å². The first-order valence-electron chi connectivity index (χ1n) is 6.31. The molecule has 0 aliphatic rings. The van der Waals surface area contributed by atoms with Crippen molar-refractivity contribution in [3.8, 4) is 0 Å². The number of hydrogen-bond donors (Lipinski definition) is 1. The van der Waals surface area contributed by atoms with E-state index in [9.17, 15) is 0 Å². The average Bonchev–Trinajstić information content (AvgIpc) is 2.88. The predicted molar refractivity (Wildman–Crippen MR) is 77.0 cm³/mol. The second-order valence-corrected chi connectivity index (χ2v) is 5.67. The van der Waals surface area contributed by atoms with Crippen LogP contribution in [0.15, 0.2) is 16.8 Å². The Kier molecular flexibility index (Phi) is 4.19. The SMILES string of the molecule is Cc1nn(C)c(C)c1CNC(C)Cc1ccsc1. The van der Waals surface area contributed by atoms with Gasteiger partial charge in [0.1, 0.15) is 0 Å². The van der Waals surface area contributed by atoms with Crippen molar-refractivity contribution in [1.82, 2.24) is 15.1 Å². The van der Waals surface area contributed by atoms with E-state index >= 15 is 0 Å².